The van der Waals surface area contributed by atoms with E-state index in [1.807, 2.05) is 24.4 Å². The minimum Gasteiger partial charge on any atom is -0.341 e. The van der Waals surface area contributed by atoms with Gasteiger partial charge in [0.1, 0.15) is 0 Å². The molecule has 0 amide bonds. The van der Waals surface area contributed by atoms with Gasteiger partial charge >= 0.3 is 0 Å². The van der Waals surface area contributed by atoms with E-state index in [2.05, 4.69) is 62.1 Å². The Hall–Kier alpha value is -3.65. The molecule has 202 valence electrons. The fourth-order valence-corrected chi connectivity index (χ4v) is 5.85. The van der Waals surface area contributed by atoms with E-state index >= 15 is 0 Å². The quantitative estimate of drug-likeness (QED) is 0.219. The molecular weight excluding hydrogens is 508 g/mol. The van der Waals surface area contributed by atoms with Crippen LogP contribution in [0.5, 0.6) is 0 Å². The van der Waals surface area contributed by atoms with Gasteiger partial charge in [-0.15, -0.1) is 0 Å². The van der Waals surface area contributed by atoms with Crippen molar-refractivity contribution in [3.63, 3.8) is 0 Å². The van der Waals surface area contributed by atoms with Crippen molar-refractivity contribution in [2.45, 2.75) is 52.0 Å². The molecule has 0 saturated carbocycles. The maximum atomic E-state index is 6.50. The van der Waals surface area contributed by atoms with Crippen LogP contribution in [0.1, 0.15) is 55.3 Å². The Morgan fingerprint density at radius 3 is 2.10 bits per heavy atom. The summed E-state index contributed by atoms with van der Waals surface area (Å²) in [7, 11) is 0. The minimum atomic E-state index is 0.486. The van der Waals surface area contributed by atoms with Crippen molar-refractivity contribution in [3.05, 3.63) is 70.4 Å². The molecule has 4 heterocycles. The molecule has 2 fully saturated rings. The van der Waals surface area contributed by atoms with Crippen LogP contribution < -0.4 is 15.2 Å². The summed E-state index contributed by atoms with van der Waals surface area (Å²) in [5.74, 6) is 1.98. The number of nitrogens with one attached hydrogen (secondary N) is 1. The minimum absolute atomic E-state index is 0.486. The van der Waals surface area contributed by atoms with Gasteiger partial charge in [-0.3, -0.25) is 0 Å². The van der Waals surface area contributed by atoms with Crippen molar-refractivity contribution in [1.29, 1.82) is 0 Å². The zero-order valence-corrected chi connectivity index (χ0v) is 23.2. The molecule has 0 spiro atoms. The van der Waals surface area contributed by atoms with Crippen LogP contribution in [0.4, 0.5) is 17.8 Å². The standard InChI is InChI=1S/C30H35ClN8/c1-22-25(24-13-5-7-15-27(24)39(22)21-23-12-4-6-14-26(23)31)20-32-36-28-33-29(37-16-8-2-9-17-37)35-30(34-28)38-18-10-3-11-19-38/h4-7,12-15,20H,2-3,8-11,16-19,21H2,1H3,(H,33,34,35,36). The molecule has 0 atom stereocenters. The van der Waals surface area contributed by atoms with Crippen molar-refractivity contribution in [2.24, 2.45) is 5.10 Å². The largest absolute Gasteiger partial charge is 0.341 e. The molecule has 0 unspecified atom stereocenters. The number of piperidine rings is 2. The molecule has 9 heteroatoms. The lowest BCUT2D eigenvalue weighted by molar-refractivity contribution is 0.556. The van der Waals surface area contributed by atoms with Gasteiger partial charge in [-0.25, -0.2) is 5.43 Å². The van der Waals surface area contributed by atoms with Gasteiger partial charge in [-0.1, -0.05) is 48.0 Å². The fraction of sp³-hybridized carbons (Fsp3) is 0.400. The average molecular weight is 543 g/mol. The Labute approximate surface area is 234 Å². The molecule has 1 N–H and O–H groups in total. The first-order chi connectivity index (χ1) is 19.2. The van der Waals surface area contributed by atoms with E-state index in [0.29, 0.717) is 12.5 Å². The van der Waals surface area contributed by atoms with Crippen LogP contribution in [0, 0.1) is 6.92 Å². The number of rotatable bonds is 7. The third-order valence-corrected chi connectivity index (χ3v) is 8.18. The number of aromatic nitrogens is 4. The Morgan fingerprint density at radius 2 is 1.44 bits per heavy atom. The molecule has 2 aromatic heterocycles. The summed E-state index contributed by atoms with van der Waals surface area (Å²) in [4.78, 5) is 19.0. The molecule has 2 aromatic carbocycles. The molecule has 0 aliphatic carbocycles. The predicted octanol–water partition coefficient (Wildman–Crippen LogP) is 6.26. The maximum Gasteiger partial charge on any atom is 0.250 e. The molecule has 6 rings (SSSR count). The fourth-order valence-electron chi connectivity index (χ4n) is 5.65. The molecule has 8 nitrogen and oxygen atoms in total. The summed E-state index contributed by atoms with van der Waals surface area (Å²) in [6.45, 7) is 6.75. The number of para-hydroxylation sites is 1. The van der Waals surface area contributed by atoms with Crippen LogP contribution in [0.3, 0.4) is 0 Å². The summed E-state index contributed by atoms with van der Waals surface area (Å²) in [5, 5.41) is 6.55. The van der Waals surface area contributed by atoms with Crippen molar-refractivity contribution < 1.29 is 0 Å². The second-order valence-electron chi connectivity index (χ2n) is 10.4. The summed E-state index contributed by atoms with van der Waals surface area (Å²) >= 11 is 6.50. The van der Waals surface area contributed by atoms with Gasteiger partial charge < -0.3 is 14.4 Å². The van der Waals surface area contributed by atoms with E-state index in [1.165, 1.54) is 38.5 Å². The van der Waals surface area contributed by atoms with Crippen molar-refractivity contribution in [3.8, 4) is 0 Å². The van der Waals surface area contributed by atoms with Gasteiger partial charge in [0, 0.05) is 59.9 Å². The Balaban J connectivity index is 1.30. The lowest BCUT2D eigenvalue weighted by Gasteiger charge is -2.30. The first-order valence-corrected chi connectivity index (χ1v) is 14.4. The smallest absolute Gasteiger partial charge is 0.250 e. The summed E-state index contributed by atoms with van der Waals surface area (Å²) in [5.41, 5.74) is 7.56. The molecule has 2 aliphatic heterocycles. The molecule has 0 bridgehead atoms. The monoisotopic (exact) mass is 542 g/mol. The van der Waals surface area contributed by atoms with Gasteiger partial charge in [-0.2, -0.15) is 20.1 Å². The average Bonchev–Trinajstić information content (AvgIpc) is 3.25. The van der Waals surface area contributed by atoms with Crippen molar-refractivity contribution in [2.75, 3.05) is 41.4 Å². The van der Waals surface area contributed by atoms with E-state index in [0.717, 1.165) is 70.8 Å². The topological polar surface area (TPSA) is 74.5 Å². The van der Waals surface area contributed by atoms with Crippen LogP contribution in [-0.4, -0.2) is 51.9 Å². The Bertz CT molecular complexity index is 1430. The maximum absolute atomic E-state index is 6.50. The number of benzene rings is 2. The number of fused-ring (bicyclic) bond motifs is 1. The lowest BCUT2D eigenvalue weighted by Crippen LogP contribution is -2.34. The summed E-state index contributed by atoms with van der Waals surface area (Å²) < 4.78 is 2.30. The van der Waals surface area contributed by atoms with Gasteiger partial charge in [0.2, 0.25) is 17.8 Å². The van der Waals surface area contributed by atoms with Crippen molar-refractivity contribution in [1.82, 2.24) is 19.5 Å². The zero-order chi connectivity index (χ0) is 26.6. The van der Waals surface area contributed by atoms with Crippen LogP contribution >= 0.6 is 11.6 Å². The van der Waals surface area contributed by atoms with Crippen molar-refractivity contribution >= 4 is 46.6 Å². The van der Waals surface area contributed by atoms with E-state index in [-0.39, 0.29) is 0 Å². The van der Waals surface area contributed by atoms with Crippen LogP contribution in [0.25, 0.3) is 10.9 Å². The van der Waals surface area contributed by atoms with Gasteiger partial charge in [0.15, 0.2) is 0 Å². The van der Waals surface area contributed by atoms with Gasteiger partial charge in [-0.05, 0) is 63.1 Å². The molecule has 39 heavy (non-hydrogen) atoms. The van der Waals surface area contributed by atoms with Crippen LogP contribution in [-0.2, 0) is 6.54 Å². The highest BCUT2D eigenvalue weighted by Gasteiger charge is 2.20. The van der Waals surface area contributed by atoms with Crippen LogP contribution in [0.2, 0.25) is 5.02 Å². The predicted molar refractivity (Wildman–Crippen MR) is 160 cm³/mol. The lowest BCUT2D eigenvalue weighted by atomic mass is 10.1. The van der Waals surface area contributed by atoms with E-state index in [1.54, 1.807) is 0 Å². The SMILES string of the molecule is Cc1c(C=NNc2nc(N3CCCCC3)nc(N3CCCCC3)n2)c2ccccc2n1Cc1ccccc1Cl. The molecule has 4 aromatic rings. The molecular formula is C30H35ClN8. The molecule has 2 aliphatic rings. The number of halogens is 1. The number of nitrogens with zero attached hydrogens (tertiary/aromatic N) is 7. The summed E-state index contributed by atoms with van der Waals surface area (Å²) in [6.07, 6.45) is 9.09. The third-order valence-electron chi connectivity index (χ3n) is 7.81. The normalized spacial score (nSPS) is 16.4. The second kappa shape index (κ2) is 11.6. The molecule has 0 radical (unpaired) electrons. The first kappa shape index (κ1) is 25.6. The van der Waals surface area contributed by atoms with Crippen LogP contribution in [0.15, 0.2) is 53.6 Å². The Kier molecular flexibility index (Phi) is 7.63. The first-order valence-electron chi connectivity index (χ1n) is 14.0. The van der Waals surface area contributed by atoms with E-state index in [9.17, 15) is 0 Å². The highest BCUT2D eigenvalue weighted by Crippen LogP contribution is 2.28. The highest BCUT2D eigenvalue weighted by molar-refractivity contribution is 6.31. The highest BCUT2D eigenvalue weighted by atomic mass is 35.5. The number of hydrogen-bond acceptors (Lipinski definition) is 7. The second-order valence-corrected chi connectivity index (χ2v) is 10.8. The molecule has 2 saturated heterocycles. The third kappa shape index (κ3) is 5.57. The number of anilines is 3. The van der Waals surface area contributed by atoms with E-state index < -0.39 is 0 Å². The Morgan fingerprint density at radius 1 is 0.821 bits per heavy atom. The number of hydrazone groups is 1. The zero-order valence-electron chi connectivity index (χ0n) is 22.5. The van der Waals surface area contributed by atoms with E-state index in [4.69, 9.17) is 26.6 Å². The summed E-state index contributed by atoms with van der Waals surface area (Å²) in [6, 6.07) is 16.4. The van der Waals surface area contributed by atoms with Gasteiger partial charge in [0.25, 0.3) is 0 Å². The number of hydrogen-bond donors (Lipinski definition) is 1. The van der Waals surface area contributed by atoms with Gasteiger partial charge in [0.05, 0.1) is 6.21 Å².